The molecular formula is C9H14NO3S+. The SMILES string of the molecule is C#CC[N+](C)(CC#C)CCS(=O)(=O)O. The van der Waals surface area contributed by atoms with E-state index in [0.29, 0.717) is 13.1 Å². The van der Waals surface area contributed by atoms with Crippen LogP contribution < -0.4 is 0 Å². The highest BCUT2D eigenvalue weighted by atomic mass is 32.2. The molecule has 0 bridgehead atoms. The normalized spacial score (nSPS) is 11.7. The Morgan fingerprint density at radius 1 is 1.29 bits per heavy atom. The lowest BCUT2D eigenvalue weighted by Gasteiger charge is -2.29. The van der Waals surface area contributed by atoms with Crippen LogP contribution in [0.15, 0.2) is 0 Å². The van der Waals surface area contributed by atoms with E-state index in [1.165, 1.54) is 0 Å². The fourth-order valence-corrected chi connectivity index (χ4v) is 1.66. The third-order valence-corrected chi connectivity index (χ3v) is 2.53. The average Bonchev–Trinajstić information content (AvgIpc) is 2.01. The van der Waals surface area contributed by atoms with Crippen molar-refractivity contribution in [2.45, 2.75) is 0 Å². The summed E-state index contributed by atoms with van der Waals surface area (Å²) in [5.41, 5.74) is 0. The Morgan fingerprint density at radius 2 is 1.71 bits per heavy atom. The van der Waals surface area contributed by atoms with Gasteiger partial charge in [0.15, 0.2) is 0 Å². The molecule has 0 aromatic carbocycles. The molecule has 0 aliphatic carbocycles. The third kappa shape index (κ3) is 5.60. The Kier molecular flexibility index (Phi) is 4.65. The van der Waals surface area contributed by atoms with E-state index < -0.39 is 10.1 Å². The molecule has 0 rings (SSSR count). The van der Waals surface area contributed by atoms with Crippen molar-refractivity contribution < 1.29 is 17.5 Å². The summed E-state index contributed by atoms with van der Waals surface area (Å²) >= 11 is 0. The molecular weight excluding hydrogens is 202 g/mol. The summed E-state index contributed by atoms with van der Waals surface area (Å²) in [4.78, 5) is 0. The highest BCUT2D eigenvalue weighted by Gasteiger charge is 2.21. The second-order valence-electron chi connectivity index (χ2n) is 3.35. The van der Waals surface area contributed by atoms with Gasteiger partial charge in [0.1, 0.15) is 18.8 Å². The Balaban J connectivity index is 4.41. The fraction of sp³-hybridized carbons (Fsp3) is 0.556. The predicted molar refractivity (Wildman–Crippen MR) is 54.9 cm³/mol. The van der Waals surface area contributed by atoms with Gasteiger partial charge in [0.2, 0.25) is 0 Å². The van der Waals surface area contributed by atoms with Gasteiger partial charge in [-0.3, -0.25) is 4.55 Å². The molecule has 0 atom stereocenters. The number of nitrogens with zero attached hydrogens (tertiary/aromatic N) is 1. The van der Waals surface area contributed by atoms with Crippen molar-refractivity contribution >= 4 is 10.1 Å². The fourth-order valence-electron chi connectivity index (χ4n) is 0.991. The highest BCUT2D eigenvalue weighted by molar-refractivity contribution is 7.85. The van der Waals surface area contributed by atoms with Gasteiger partial charge in [0.05, 0.1) is 13.6 Å². The van der Waals surface area contributed by atoms with Gasteiger partial charge in [-0.15, -0.1) is 12.8 Å². The Labute approximate surface area is 85.3 Å². The second-order valence-corrected chi connectivity index (χ2v) is 4.93. The van der Waals surface area contributed by atoms with Gasteiger partial charge in [-0.25, -0.2) is 0 Å². The zero-order chi connectivity index (χ0) is 11.2. The topological polar surface area (TPSA) is 54.4 Å². The first-order chi connectivity index (χ1) is 6.33. The van der Waals surface area contributed by atoms with E-state index in [9.17, 15) is 8.42 Å². The zero-order valence-electron chi connectivity index (χ0n) is 8.10. The van der Waals surface area contributed by atoms with Crippen LogP contribution in [-0.2, 0) is 10.1 Å². The number of quaternary nitrogens is 1. The van der Waals surface area contributed by atoms with Gasteiger partial charge in [0, 0.05) is 0 Å². The molecule has 1 N–H and O–H groups in total. The van der Waals surface area contributed by atoms with E-state index in [0.717, 1.165) is 0 Å². The molecule has 0 aromatic heterocycles. The summed E-state index contributed by atoms with van der Waals surface area (Å²) in [7, 11) is -2.19. The highest BCUT2D eigenvalue weighted by Crippen LogP contribution is 2.01. The Bertz CT molecular complexity index is 342. The lowest BCUT2D eigenvalue weighted by atomic mass is 10.4. The van der Waals surface area contributed by atoms with Crippen molar-refractivity contribution in [1.82, 2.24) is 0 Å². The van der Waals surface area contributed by atoms with Crippen LogP contribution in [0.25, 0.3) is 0 Å². The van der Waals surface area contributed by atoms with Crippen molar-refractivity contribution in [2.75, 3.05) is 32.4 Å². The number of hydrogen-bond donors (Lipinski definition) is 1. The summed E-state index contributed by atoms with van der Waals surface area (Å²) in [6.07, 6.45) is 10.3. The predicted octanol–water partition coefficient (Wildman–Crippen LogP) is -0.413. The Morgan fingerprint density at radius 3 is 2.00 bits per heavy atom. The lowest BCUT2D eigenvalue weighted by Crippen LogP contribution is -2.47. The van der Waals surface area contributed by atoms with E-state index in [-0.39, 0.29) is 16.8 Å². The van der Waals surface area contributed by atoms with E-state index in [1.807, 2.05) is 0 Å². The van der Waals surface area contributed by atoms with Crippen molar-refractivity contribution in [1.29, 1.82) is 0 Å². The van der Waals surface area contributed by atoms with Crippen LogP contribution in [0.4, 0.5) is 0 Å². The quantitative estimate of drug-likeness (QED) is 0.386. The molecule has 0 amide bonds. The minimum absolute atomic E-state index is 0.216. The number of hydrogen-bond acceptors (Lipinski definition) is 2. The zero-order valence-corrected chi connectivity index (χ0v) is 8.92. The van der Waals surface area contributed by atoms with E-state index in [2.05, 4.69) is 11.8 Å². The second kappa shape index (κ2) is 5.02. The minimum atomic E-state index is -3.95. The van der Waals surface area contributed by atoms with Gasteiger partial charge >= 0.3 is 0 Å². The maximum absolute atomic E-state index is 10.5. The monoisotopic (exact) mass is 216 g/mol. The first-order valence-electron chi connectivity index (χ1n) is 3.98. The molecule has 0 radical (unpaired) electrons. The minimum Gasteiger partial charge on any atom is -0.305 e. The lowest BCUT2D eigenvalue weighted by molar-refractivity contribution is -0.893. The summed E-state index contributed by atoms with van der Waals surface area (Å²) in [5, 5.41) is 0. The van der Waals surface area contributed by atoms with Gasteiger partial charge in [-0.2, -0.15) is 8.42 Å². The molecule has 0 aliphatic heterocycles. The van der Waals surface area contributed by atoms with Gasteiger partial charge in [-0.05, 0) is 11.8 Å². The third-order valence-electron chi connectivity index (χ3n) is 1.84. The molecule has 0 fully saturated rings. The first-order valence-corrected chi connectivity index (χ1v) is 5.59. The summed E-state index contributed by atoms with van der Waals surface area (Å²) in [6, 6.07) is 0. The molecule has 14 heavy (non-hydrogen) atoms. The van der Waals surface area contributed by atoms with Gasteiger partial charge in [0.25, 0.3) is 10.1 Å². The largest absolute Gasteiger partial charge is 0.305 e. The maximum atomic E-state index is 10.5. The molecule has 4 nitrogen and oxygen atoms in total. The van der Waals surface area contributed by atoms with Crippen molar-refractivity contribution in [2.24, 2.45) is 0 Å². The van der Waals surface area contributed by atoms with Crippen LogP contribution in [0.5, 0.6) is 0 Å². The Hall–Kier alpha value is -1.01. The van der Waals surface area contributed by atoms with Crippen molar-refractivity contribution in [3.8, 4) is 24.7 Å². The summed E-state index contributed by atoms with van der Waals surface area (Å²) < 4.78 is 29.9. The van der Waals surface area contributed by atoms with E-state index in [4.69, 9.17) is 17.4 Å². The maximum Gasteiger partial charge on any atom is 0.270 e. The molecule has 0 saturated carbocycles. The first kappa shape index (κ1) is 13.0. The van der Waals surface area contributed by atoms with Crippen molar-refractivity contribution in [3.05, 3.63) is 0 Å². The molecule has 0 heterocycles. The van der Waals surface area contributed by atoms with Crippen LogP contribution in [0, 0.1) is 24.7 Å². The molecule has 0 spiro atoms. The van der Waals surface area contributed by atoms with E-state index in [1.54, 1.807) is 7.05 Å². The van der Waals surface area contributed by atoms with Crippen LogP contribution in [0.3, 0.4) is 0 Å². The van der Waals surface area contributed by atoms with Crippen LogP contribution in [0.2, 0.25) is 0 Å². The molecule has 0 saturated heterocycles. The van der Waals surface area contributed by atoms with E-state index >= 15 is 0 Å². The average molecular weight is 216 g/mol. The standard InChI is InChI=1S/C9H13NO3S/c1-4-6-10(3,7-5-2)8-9-14(11,12)13/h1-2H,6-9H2,3H3/p+1. The number of rotatable bonds is 5. The van der Waals surface area contributed by atoms with Crippen LogP contribution in [-0.4, -0.2) is 49.9 Å². The number of terminal acetylenes is 2. The van der Waals surface area contributed by atoms with Crippen LogP contribution in [0.1, 0.15) is 0 Å². The molecule has 78 valence electrons. The van der Waals surface area contributed by atoms with Crippen molar-refractivity contribution in [3.63, 3.8) is 0 Å². The van der Waals surface area contributed by atoms with Crippen LogP contribution >= 0.6 is 0 Å². The summed E-state index contributed by atoms with van der Waals surface area (Å²) in [5.74, 6) is 4.53. The summed E-state index contributed by atoms with van der Waals surface area (Å²) in [6.45, 7) is 0.909. The molecule has 0 unspecified atom stereocenters. The van der Waals surface area contributed by atoms with Gasteiger partial charge in [-0.1, -0.05) is 0 Å². The molecule has 0 aliphatic rings. The molecule has 0 aromatic rings. The molecule has 5 heteroatoms. The van der Waals surface area contributed by atoms with Gasteiger partial charge < -0.3 is 4.48 Å². The smallest absolute Gasteiger partial charge is 0.270 e.